The van der Waals surface area contributed by atoms with E-state index in [1.54, 1.807) is 6.20 Å². The number of hydrogen-bond acceptors (Lipinski definition) is 5. The van der Waals surface area contributed by atoms with Crippen molar-refractivity contribution in [3.05, 3.63) is 89.8 Å². The number of benzene rings is 2. The normalized spacial score (nSPS) is 11.1. The molecule has 0 saturated carbocycles. The molecule has 5 rings (SSSR count). The van der Waals surface area contributed by atoms with Crippen LogP contribution >= 0.6 is 11.6 Å². The Hall–Kier alpha value is -3.64. The van der Waals surface area contributed by atoms with E-state index in [0.717, 1.165) is 32.9 Å². The van der Waals surface area contributed by atoms with E-state index in [4.69, 9.17) is 16.0 Å². The largest absolute Gasteiger partial charge is 0.403 e. The molecule has 0 aliphatic carbocycles. The molecule has 0 aliphatic heterocycles. The molecule has 0 atom stereocenters. The summed E-state index contributed by atoms with van der Waals surface area (Å²) in [7, 11) is 1.93. The third-order valence-corrected chi connectivity index (χ3v) is 5.26. The van der Waals surface area contributed by atoms with Gasteiger partial charge < -0.3 is 13.7 Å². The number of fused-ring (bicyclic) bond motifs is 1. The van der Waals surface area contributed by atoms with Crippen LogP contribution in [-0.4, -0.2) is 26.6 Å². The number of pyridine rings is 1. The molecule has 0 amide bonds. The molecule has 6 nitrogen and oxygen atoms in total. The lowest BCUT2D eigenvalue weighted by atomic mass is 10.0. The molecule has 7 heteroatoms. The Balaban J connectivity index is 1.33. The van der Waals surface area contributed by atoms with E-state index in [1.165, 1.54) is 0 Å². The van der Waals surface area contributed by atoms with Crippen molar-refractivity contribution in [2.75, 3.05) is 11.9 Å². The Morgan fingerprint density at radius 2 is 1.77 bits per heavy atom. The van der Waals surface area contributed by atoms with E-state index in [2.05, 4.69) is 15.2 Å². The lowest BCUT2D eigenvalue weighted by molar-refractivity contribution is 0.554. The summed E-state index contributed by atoms with van der Waals surface area (Å²) in [6.45, 7) is 0.640. The summed E-state index contributed by atoms with van der Waals surface area (Å²) in [6.07, 6.45) is 5.75. The van der Waals surface area contributed by atoms with Crippen LogP contribution in [0.1, 0.15) is 5.56 Å². The number of imidazole rings is 1. The van der Waals surface area contributed by atoms with Gasteiger partial charge in [-0.3, -0.25) is 0 Å². The molecule has 0 spiro atoms. The fraction of sp³-hybridized carbons (Fsp3) is 0.0870. The highest BCUT2D eigenvalue weighted by Crippen LogP contribution is 2.30. The van der Waals surface area contributed by atoms with Crippen LogP contribution in [-0.2, 0) is 6.54 Å². The quantitative estimate of drug-likeness (QED) is 0.387. The number of anilines is 1. The molecule has 0 radical (unpaired) electrons. The first kappa shape index (κ1) is 18.4. The molecule has 0 bridgehead atoms. The summed E-state index contributed by atoms with van der Waals surface area (Å²) in [5.41, 5.74) is 4.92. The molecule has 0 saturated heterocycles. The summed E-state index contributed by atoms with van der Waals surface area (Å²) < 4.78 is 7.89. The maximum Gasteiger partial charge on any atom is 0.318 e. The monoisotopic (exact) mass is 415 g/mol. The first-order chi connectivity index (χ1) is 14.7. The van der Waals surface area contributed by atoms with Crippen LogP contribution in [0.25, 0.3) is 28.2 Å². The van der Waals surface area contributed by atoms with Crippen molar-refractivity contribution < 1.29 is 4.42 Å². The highest BCUT2D eigenvalue weighted by atomic mass is 35.5. The van der Waals surface area contributed by atoms with Crippen molar-refractivity contribution in [1.82, 2.24) is 19.6 Å². The lowest BCUT2D eigenvalue weighted by Crippen LogP contribution is -2.17. The van der Waals surface area contributed by atoms with Gasteiger partial charge in [0.05, 0.1) is 0 Å². The van der Waals surface area contributed by atoms with Crippen LogP contribution in [0.5, 0.6) is 0 Å². The molecule has 3 heterocycles. The van der Waals surface area contributed by atoms with Crippen LogP contribution in [0.2, 0.25) is 5.02 Å². The van der Waals surface area contributed by atoms with Gasteiger partial charge in [0.15, 0.2) is 0 Å². The second kappa shape index (κ2) is 7.65. The molecule has 0 aliphatic rings. The van der Waals surface area contributed by atoms with Crippen molar-refractivity contribution in [2.45, 2.75) is 6.54 Å². The topological polar surface area (TPSA) is 59.5 Å². The van der Waals surface area contributed by atoms with Gasteiger partial charge in [0.1, 0.15) is 5.65 Å². The van der Waals surface area contributed by atoms with E-state index < -0.39 is 0 Å². The summed E-state index contributed by atoms with van der Waals surface area (Å²) in [6, 6.07) is 20.2. The van der Waals surface area contributed by atoms with Gasteiger partial charge in [0.25, 0.3) is 0 Å². The van der Waals surface area contributed by atoms with Crippen LogP contribution in [0.4, 0.5) is 6.01 Å². The number of rotatable bonds is 5. The maximum atomic E-state index is 6.29. The fourth-order valence-corrected chi connectivity index (χ4v) is 3.62. The zero-order valence-electron chi connectivity index (χ0n) is 16.2. The summed E-state index contributed by atoms with van der Waals surface area (Å²) in [4.78, 5) is 6.19. The number of halogens is 1. The number of hydrogen-bond donors (Lipinski definition) is 0. The Morgan fingerprint density at radius 3 is 2.60 bits per heavy atom. The van der Waals surface area contributed by atoms with Gasteiger partial charge in [0.2, 0.25) is 5.89 Å². The van der Waals surface area contributed by atoms with Crippen molar-refractivity contribution in [1.29, 1.82) is 0 Å². The van der Waals surface area contributed by atoms with Gasteiger partial charge in [-0.15, -0.1) is 5.10 Å². The van der Waals surface area contributed by atoms with Crippen LogP contribution in [0, 0.1) is 0 Å². The van der Waals surface area contributed by atoms with E-state index in [0.29, 0.717) is 18.5 Å². The van der Waals surface area contributed by atoms with E-state index in [-0.39, 0.29) is 0 Å². The average Bonchev–Trinajstić information content (AvgIpc) is 3.44. The Labute approximate surface area is 178 Å². The highest BCUT2D eigenvalue weighted by Gasteiger charge is 2.13. The summed E-state index contributed by atoms with van der Waals surface area (Å²) in [5.74, 6) is 0.479. The minimum absolute atomic E-state index is 0.464. The number of nitrogens with zero attached hydrogens (tertiary/aromatic N) is 5. The SMILES string of the molecule is CN(Cc1ccc2nccn2c1)c1nnc(-c2ccc(-c3ccccc3Cl)cc2)o1. The predicted molar refractivity (Wildman–Crippen MR) is 117 cm³/mol. The lowest BCUT2D eigenvalue weighted by Gasteiger charge is -2.13. The van der Waals surface area contributed by atoms with Crippen molar-refractivity contribution in [3.63, 3.8) is 0 Å². The maximum absolute atomic E-state index is 6.29. The molecule has 30 heavy (non-hydrogen) atoms. The summed E-state index contributed by atoms with van der Waals surface area (Å²) >= 11 is 6.29. The molecule has 0 N–H and O–H groups in total. The molecule has 2 aromatic carbocycles. The van der Waals surface area contributed by atoms with Crippen LogP contribution in [0.15, 0.2) is 83.7 Å². The van der Waals surface area contributed by atoms with E-state index >= 15 is 0 Å². The smallest absolute Gasteiger partial charge is 0.318 e. The minimum Gasteiger partial charge on any atom is -0.403 e. The number of aromatic nitrogens is 4. The molecule has 0 fully saturated rings. The Morgan fingerprint density at radius 1 is 0.967 bits per heavy atom. The first-order valence-electron chi connectivity index (χ1n) is 9.49. The summed E-state index contributed by atoms with van der Waals surface area (Å²) in [5, 5.41) is 9.14. The highest BCUT2D eigenvalue weighted by molar-refractivity contribution is 6.33. The molecule has 3 aromatic heterocycles. The fourth-order valence-electron chi connectivity index (χ4n) is 3.38. The van der Waals surface area contributed by atoms with Crippen LogP contribution < -0.4 is 4.90 Å². The Kier molecular flexibility index (Phi) is 4.69. The molecular formula is C23H18ClN5O. The molecule has 5 aromatic rings. The second-order valence-electron chi connectivity index (χ2n) is 7.03. The molecule has 0 unspecified atom stereocenters. The van der Waals surface area contributed by atoms with Gasteiger partial charge in [0, 0.05) is 48.3 Å². The zero-order chi connectivity index (χ0) is 20.5. The van der Waals surface area contributed by atoms with E-state index in [1.807, 2.05) is 89.4 Å². The van der Waals surface area contributed by atoms with Crippen molar-refractivity contribution in [3.8, 4) is 22.6 Å². The predicted octanol–water partition coefficient (Wildman–Crippen LogP) is 5.34. The van der Waals surface area contributed by atoms with Crippen LogP contribution in [0.3, 0.4) is 0 Å². The van der Waals surface area contributed by atoms with Crippen molar-refractivity contribution >= 4 is 23.3 Å². The third-order valence-electron chi connectivity index (χ3n) is 4.93. The molecular weight excluding hydrogens is 398 g/mol. The van der Waals surface area contributed by atoms with Gasteiger partial charge in [-0.2, -0.15) is 0 Å². The van der Waals surface area contributed by atoms with Crippen molar-refractivity contribution in [2.24, 2.45) is 0 Å². The standard InChI is InChI=1S/C23H18ClN5O/c1-28(14-16-6-11-21-25-12-13-29(21)15-16)23-27-26-22(30-23)18-9-7-17(8-10-18)19-4-2-3-5-20(19)24/h2-13,15H,14H2,1H3. The van der Waals surface area contributed by atoms with Gasteiger partial charge in [-0.25, -0.2) is 4.98 Å². The zero-order valence-corrected chi connectivity index (χ0v) is 17.0. The minimum atomic E-state index is 0.464. The Bertz CT molecular complexity index is 1310. The first-order valence-corrected chi connectivity index (χ1v) is 9.87. The molecule has 148 valence electrons. The van der Waals surface area contributed by atoms with Gasteiger partial charge in [-0.05, 0) is 35.4 Å². The van der Waals surface area contributed by atoms with Gasteiger partial charge >= 0.3 is 6.01 Å². The van der Waals surface area contributed by atoms with E-state index in [9.17, 15) is 0 Å². The third kappa shape index (κ3) is 3.53. The average molecular weight is 416 g/mol. The van der Waals surface area contributed by atoms with Gasteiger partial charge in [-0.1, -0.05) is 53.1 Å². The second-order valence-corrected chi connectivity index (χ2v) is 7.44.